The van der Waals surface area contributed by atoms with Crippen LogP contribution in [-0.2, 0) is 6.42 Å². The van der Waals surface area contributed by atoms with Gasteiger partial charge in [0.25, 0.3) is 0 Å². The van der Waals surface area contributed by atoms with Gasteiger partial charge in [-0.3, -0.25) is 4.68 Å². The van der Waals surface area contributed by atoms with E-state index in [4.69, 9.17) is 4.74 Å². The molecule has 1 aromatic heterocycles. The van der Waals surface area contributed by atoms with Gasteiger partial charge in [-0.25, -0.2) is 0 Å². The first-order chi connectivity index (χ1) is 8.74. The molecule has 0 amide bonds. The number of hydrogen-bond acceptors (Lipinski definition) is 2. The summed E-state index contributed by atoms with van der Waals surface area (Å²) in [5, 5.41) is 4.27. The molecule has 1 atom stereocenters. The van der Waals surface area contributed by atoms with E-state index in [9.17, 15) is 0 Å². The smallest absolute Gasteiger partial charge is 0.157 e. The number of nitrogens with zero attached hydrogens (tertiary/aromatic N) is 2. The molecular weight excluding hydrogens is 224 g/mol. The molecule has 0 N–H and O–H groups in total. The topological polar surface area (TPSA) is 27.1 Å². The van der Waals surface area contributed by atoms with Crippen molar-refractivity contribution in [2.24, 2.45) is 0 Å². The minimum atomic E-state index is 0.381. The Morgan fingerprint density at radius 3 is 2.94 bits per heavy atom. The van der Waals surface area contributed by atoms with Crippen molar-refractivity contribution in [1.29, 1.82) is 0 Å². The lowest BCUT2D eigenvalue weighted by Crippen LogP contribution is -2.22. The number of hydrogen-bond donors (Lipinski definition) is 0. The van der Waals surface area contributed by atoms with Gasteiger partial charge in [-0.15, -0.1) is 0 Å². The fourth-order valence-electron chi connectivity index (χ4n) is 2.39. The van der Waals surface area contributed by atoms with Gasteiger partial charge in [-0.2, -0.15) is 5.10 Å². The third-order valence-electron chi connectivity index (χ3n) is 3.52. The van der Waals surface area contributed by atoms with Crippen molar-refractivity contribution in [2.75, 3.05) is 6.61 Å². The first kappa shape index (κ1) is 11.3. The number of benzene rings is 1. The van der Waals surface area contributed by atoms with Gasteiger partial charge in [0.05, 0.1) is 19.0 Å². The molecule has 0 radical (unpaired) electrons. The molecule has 1 unspecified atom stereocenters. The quantitative estimate of drug-likeness (QED) is 0.823. The fourth-order valence-corrected chi connectivity index (χ4v) is 2.39. The van der Waals surface area contributed by atoms with E-state index in [1.54, 1.807) is 6.20 Å². The first-order valence-electron chi connectivity index (χ1n) is 6.49. The molecule has 3 rings (SSSR count). The summed E-state index contributed by atoms with van der Waals surface area (Å²) in [4.78, 5) is 0. The van der Waals surface area contributed by atoms with E-state index in [1.165, 1.54) is 11.1 Å². The fraction of sp³-hybridized carbons (Fsp3) is 0.400. The van der Waals surface area contributed by atoms with Crippen molar-refractivity contribution >= 4 is 0 Å². The predicted molar refractivity (Wildman–Crippen MR) is 71.0 cm³/mol. The molecule has 3 heteroatoms. The Bertz CT molecular complexity index is 545. The minimum absolute atomic E-state index is 0.381. The van der Waals surface area contributed by atoms with Crippen LogP contribution in [0.5, 0.6) is 5.75 Å². The lowest BCUT2D eigenvalue weighted by molar-refractivity contribution is 0.275. The molecule has 0 spiro atoms. The zero-order valence-electron chi connectivity index (χ0n) is 10.8. The van der Waals surface area contributed by atoms with Gasteiger partial charge in [0, 0.05) is 12.0 Å². The average molecular weight is 242 g/mol. The normalized spacial score (nSPS) is 17.4. The van der Waals surface area contributed by atoms with E-state index in [0.717, 1.165) is 18.8 Å². The second-order valence-electron chi connectivity index (χ2n) is 5.16. The Labute approximate surface area is 107 Å². The Kier molecular flexibility index (Phi) is 2.82. The van der Waals surface area contributed by atoms with Crippen molar-refractivity contribution in [3.63, 3.8) is 0 Å². The molecule has 0 aliphatic heterocycles. The van der Waals surface area contributed by atoms with Gasteiger partial charge in [-0.05, 0) is 31.4 Å². The van der Waals surface area contributed by atoms with Gasteiger partial charge < -0.3 is 4.74 Å². The van der Waals surface area contributed by atoms with Crippen molar-refractivity contribution in [1.82, 2.24) is 9.78 Å². The number of aromatic nitrogens is 2. The van der Waals surface area contributed by atoms with Gasteiger partial charge in [0.2, 0.25) is 0 Å². The standard InChI is InChI=1S/C15H18N2O/c1-11(2)17-9-14(8-16-17)18-10-13-7-12-5-3-4-6-15(12)13/h3-6,8-9,11,13H,7,10H2,1-2H3. The van der Waals surface area contributed by atoms with Crippen LogP contribution in [0.4, 0.5) is 0 Å². The zero-order valence-corrected chi connectivity index (χ0v) is 10.8. The van der Waals surface area contributed by atoms with Crippen LogP contribution in [0.1, 0.15) is 36.9 Å². The van der Waals surface area contributed by atoms with E-state index < -0.39 is 0 Å². The summed E-state index contributed by atoms with van der Waals surface area (Å²) < 4.78 is 7.73. The van der Waals surface area contributed by atoms with Crippen LogP contribution in [0.15, 0.2) is 36.7 Å². The van der Waals surface area contributed by atoms with Crippen LogP contribution < -0.4 is 4.74 Å². The van der Waals surface area contributed by atoms with Crippen molar-refractivity contribution in [3.05, 3.63) is 47.8 Å². The van der Waals surface area contributed by atoms with Gasteiger partial charge >= 0.3 is 0 Å². The number of ether oxygens (including phenoxy) is 1. The first-order valence-corrected chi connectivity index (χ1v) is 6.49. The Hall–Kier alpha value is -1.77. The Morgan fingerprint density at radius 1 is 1.39 bits per heavy atom. The van der Waals surface area contributed by atoms with E-state index in [1.807, 2.05) is 10.9 Å². The van der Waals surface area contributed by atoms with E-state index in [2.05, 4.69) is 43.2 Å². The lowest BCUT2D eigenvalue weighted by atomic mass is 9.78. The maximum atomic E-state index is 5.81. The van der Waals surface area contributed by atoms with Crippen LogP contribution in [0.2, 0.25) is 0 Å². The largest absolute Gasteiger partial charge is 0.490 e. The Morgan fingerprint density at radius 2 is 2.22 bits per heavy atom. The highest BCUT2D eigenvalue weighted by Gasteiger charge is 2.25. The molecule has 1 aliphatic rings. The van der Waals surface area contributed by atoms with Crippen LogP contribution in [-0.4, -0.2) is 16.4 Å². The number of rotatable bonds is 4. The van der Waals surface area contributed by atoms with Crippen molar-refractivity contribution in [2.45, 2.75) is 32.2 Å². The average Bonchev–Trinajstić information content (AvgIpc) is 2.79. The van der Waals surface area contributed by atoms with Crippen molar-refractivity contribution in [3.8, 4) is 5.75 Å². The molecule has 3 nitrogen and oxygen atoms in total. The predicted octanol–water partition coefficient (Wildman–Crippen LogP) is 3.18. The van der Waals surface area contributed by atoms with Gasteiger partial charge in [0.15, 0.2) is 5.75 Å². The lowest BCUT2D eigenvalue weighted by Gasteiger charge is -2.29. The molecule has 18 heavy (non-hydrogen) atoms. The molecular formula is C15H18N2O. The highest BCUT2D eigenvalue weighted by atomic mass is 16.5. The summed E-state index contributed by atoms with van der Waals surface area (Å²) in [5.74, 6) is 1.41. The highest BCUT2D eigenvalue weighted by molar-refractivity contribution is 5.40. The van der Waals surface area contributed by atoms with Crippen LogP contribution in [0.3, 0.4) is 0 Å². The summed E-state index contributed by atoms with van der Waals surface area (Å²) >= 11 is 0. The molecule has 1 heterocycles. The molecule has 2 aromatic rings. The molecule has 0 bridgehead atoms. The molecule has 0 saturated heterocycles. The maximum absolute atomic E-state index is 5.81. The number of fused-ring (bicyclic) bond motifs is 1. The van der Waals surface area contributed by atoms with E-state index >= 15 is 0 Å². The molecule has 0 fully saturated rings. The molecule has 1 aliphatic carbocycles. The second kappa shape index (κ2) is 4.48. The highest BCUT2D eigenvalue weighted by Crippen LogP contribution is 2.35. The monoisotopic (exact) mass is 242 g/mol. The van der Waals surface area contributed by atoms with Crippen molar-refractivity contribution < 1.29 is 4.74 Å². The molecule has 1 aromatic carbocycles. The third kappa shape index (κ3) is 2.01. The maximum Gasteiger partial charge on any atom is 0.157 e. The minimum Gasteiger partial charge on any atom is -0.490 e. The van der Waals surface area contributed by atoms with Gasteiger partial charge in [-0.1, -0.05) is 24.3 Å². The zero-order chi connectivity index (χ0) is 12.5. The second-order valence-corrected chi connectivity index (χ2v) is 5.16. The van der Waals surface area contributed by atoms with Crippen LogP contribution in [0, 0.1) is 0 Å². The molecule has 94 valence electrons. The summed E-state index contributed by atoms with van der Waals surface area (Å²) in [7, 11) is 0. The van der Waals surface area contributed by atoms with Crippen LogP contribution >= 0.6 is 0 Å². The summed E-state index contributed by atoms with van der Waals surface area (Å²) in [5.41, 5.74) is 2.90. The van der Waals surface area contributed by atoms with Gasteiger partial charge in [0.1, 0.15) is 0 Å². The summed E-state index contributed by atoms with van der Waals surface area (Å²) in [6.45, 7) is 4.97. The summed E-state index contributed by atoms with van der Waals surface area (Å²) in [6, 6.07) is 8.98. The van der Waals surface area contributed by atoms with Crippen LogP contribution in [0.25, 0.3) is 0 Å². The SMILES string of the molecule is CC(C)n1cc(OCC2Cc3ccccc32)cn1. The molecule has 0 saturated carbocycles. The third-order valence-corrected chi connectivity index (χ3v) is 3.52. The van der Waals surface area contributed by atoms with E-state index in [0.29, 0.717) is 12.0 Å². The van der Waals surface area contributed by atoms with E-state index in [-0.39, 0.29) is 0 Å². The summed E-state index contributed by atoms with van der Waals surface area (Å²) in [6.07, 6.45) is 4.90. The Balaban J connectivity index is 1.60.